The van der Waals surface area contributed by atoms with E-state index in [1.54, 1.807) is 0 Å². The van der Waals surface area contributed by atoms with Gasteiger partial charge in [0, 0.05) is 23.7 Å². The number of hydrogen-bond donors (Lipinski definition) is 1. The van der Waals surface area contributed by atoms with Gasteiger partial charge >= 0.3 is 0 Å². The van der Waals surface area contributed by atoms with Crippen molar-refractivity contribution in [1.29, 1.82) is 0 Å². The molecule has 20 heavy (non-hydrogen) atoms. The summed E-state index contributed by atoms with van der Waals surface area (Å²) in [5.41, 5.74) is 10.5. The first kappa shape index (κ1) is 13.5. The van der Waals surface area contributed by atoms with E-state index in [0.717, 1.165) is 35.8 Å². The molecule has 1 aliphatic carbocycles. The molecule has 2 N–H and O–H groups in total. The molecule has 2 aromatic rings. The maximum absolute atomic E-state index is 5.91. The second kappa shape index (κ2) is 5.90. The highest BCUT2D eigenvalue weighted by atomic mass is 35.5. The zero-order valence-electron chi connectivity index (χ0n) is 11.4. The predicted molar refractivity (Wildman–Crippen MR) is 80.8 cm³/mol. The monoisotopic (exact) mass is 287 g/mol. The largest absolute Gasteiger partial charge is 0.325 e. The van der Waals surface area contributed by atoms with Gasteiger partial charge in [-0.2, -0.15) is 0 Å². The summed E-state index contributed by atoms with van der Waals surface area (Å²) in [6.45, 7) is 0.498. The first-order valence-corrected chi connectivity index (χ1v) is 7.46. The molecule has 1 heterocycles. The van der Waals surface area contributed by atoms with E-state index in [1.165, 1.54) is 29.7 Å². The Hall–Kier alpha value is -1.45. The minimum absolute atomic E-state index is 0.498. The first-order valence-electron chi connectivity index (χ1n) is 7.08. The van der Waals surface area contributed by atoms with Crippen LogP contribution in [-0.2, 0) is 25.8 Å². The highest BCUT2D eigenvalue weighted by Crippen LogP contribution is 2.23. The van der Waals surface area contributed by atoms with Crippen LogP contribution in [0, 0.1) is 0 Å². The van der Waals surface area contributed by atoms with E-state index in [-0.39, 0.29) is 0 Å². The van der Waals surface area contributed by atoms with Crippen molar-refractivity contribution in [3.05, 3.63) is 57.6 Å². The number of hydrogen-bond acceptors (Lipinski definition) is 3. The smallest absolute Gasteiger partial charge is 0.133 e. The molecule has 0 unspecified atom stereocenters. The molecule has 0 amide bonds. The third-order valence-corrected chi connectivity index (χ3v) is 4.04. The molecule has 0 spiro atoms. The summed E-state index contributed by atoms with van der Waals surface area (Å²) in [6, 6.07) is 7.85. The fourth-order valence-corrected chi connectivity index (χ4v) is 2.89. The Balaban J connectivity index is 1.91. The third-order valence-electron chi connectivity index (χ3n) is 3.78. The number of nitrogens with zero attached hydrogens (tertiary/aromatic N) is 2. The molecule has 3 rings (SSSR count). The van der Waals surface area contributed by atoms with Gasteiger partial charge in [-0.3, -0.25) is 0 Å². The third kappa shape index (κ3) is 2.84. The Morgan fingerprint density at radius 2 is 1.80 bits per heavy atom. The van der Waals surface area contributed by atoms with Crippen molar-refractivity contribution < 1.29 is 0 Å². The van der Waals surface area contributed by atoms with Gasteiger partial charge in [0.25, 0.3) is 0 Å². The lowest BCUT2D eigenvalue weighted by atomic mass is 9.94. The summed E-state index contributed by atoms with van der Waals surface area (Å²) in [7, 11) is 0. The average molecular weight is 288 g/mol. The topological polar surface area (TPSA) is 51.8 Å². The summed E-state index contributed by atoms with van der Waals surface area (Å²) >= 11 is 5.91. The molecule has 4 heteroatoms. The van der Waals surface area contributed by atoms with Crippen LogP contribution in [0.25, 0.3) is 0 Å². The van der Waals surface area contributed by atoms with E-state index in [0.29, 0.717) is 6.54 Å². The standard InChI is InChI=1S/C16H18ClN3/c17-12-7-5-11(6-8-12)9-16-19-14-4-2-1-3-13(14)15(10-18)20-16/h5-8H,1-4,9-10,18H2. The van der Waals surface area contributed by atoms with E-state index in [9.17, 15) is 0 Å². The second-order valence-corrected chi connectivity index (χ2v) is 5.66. The molecule has 0 saturated heterocycles. The van der Waals surface area contributed by atoms with Crippen molar-refractivity contribution in [2.45, 2.75) is 38.6 Å². The number of fused-ring (bicyclic) bond motifs is 1. The van der Waals surface area contributed by atoms with Gasteiger partial charge in [-0.1, -0.05) is 23.7 Å². The zero-order chi connectivity index (χ0) is 13.9. The maximum Gasteiger partial charge on any atom is 0.133 e. The number of benzene rings is 1. The van der Waals surface area contributed by atoms with Gasteiger partial charge < -0.3 is 5.73 Å². The van der Waals surface area contributed by atoms with Crippen LogP contribution >= 0.6 is 11.6 Å². The molecule has 0 radical (unpaired) electrons. The van der Waals surface area contributed by atoms with Crippen molar-refractivity contribution in [2.24, 2.45) is 5.73 Å². The van der Waals surface area contributed by atoms with Gasteiger partial charge in [0.05, 0.1) is 5.69 Å². The molecule has 0 aliphatic heterocycles. The van der Waals surface area contributed by atoms with E-state index >= 15 is 0 Å². The van der Waals surface area contributed by atoms with Crippen LogP contribution in [0.1, 0.15) is 41.2 Å². The Kier molecular flexibility index (Phi) is 3.99. The lowest BCUT2D eigenvalue weighted by molar-refractivity contribution is 0.643. The predicted octanol–water partition coefficient (Wildman–Crippen LogP) is 3.06. The summed E-state index contributed by atoms with van der Waals surface area (Å²) in [6.07, 6.45) is 5.30. The number of aromatic nitrogens is 2. The molecular weight excluding hydrogens is 270 g/mol. The summed E-state index contributed by atoms with van der Waals surface area (Å²) in [4.78, 5) is 9.39. The normalized spacial score (nSPS) is 14.1. The molecule has 1 aromatic heterocycles. The highest BCUT2D eigenvalue weighted by molar-refractivity contribution is 6.30. The Morgan fingerprint density at radius 1 is 1.05 bits per heavy atom. The van der Waals surface area contributed by atoms with Crippen LogP contribution in [0.15, 0.2) is 24.3 Å². The Bertz CT molecular complexity index is 591. The number of nitrogens with two attached hydrogens (primary N) is 1. The van der Waals surface area contributed by atoms with Gasteiger partial charge in [0.2, 0.25) is 0 Å². The lowest BCUT2D eigenvalue weighted by Gasteiger charge is -2.18. The zero-order valence-corrected chi connectivity index (χ0v) is 12.2. The summed E-state index contributed by atoms with van der Waals surface area (Å²) < 4.78 is 0. The summed E-state index contributed by atoms with van der Waals surface area (Å²) in [5, 5.41) is 0.753. The fraction of sp³-hybridized carbons (Fsp3) is 0.375. The molecule has 1 aromatic carbocycles. The Morgan fingerprint density at radius 3 is 2.55 bits per heavy atom. The van der Waals surface area contributed by atoms with E-state index in [2.05, 4.69) is 4.98 Å². The Labute approximate surface area is 124 Å². The van der Waals surface area contributed by atoms with E-state index < -0.39 is 0 Å². The van der Waals surface area contributed by atoms with E-state index in [4.69, 9.17) is 22.3 Å². The second-order valence-electron chi connectivity index (χ2n) is 5.23. The van der Waals surface area contributed by atoms with Crippen molar-refractivity contribution in [3.63, 3.8) is 0 Å². The number of rotatable bonds is 3. The van der Waals surface area contributed by atoms with Crippen LogP contribution in [0.5, 0.6) is 0 Å². The molecule has 3 nitrogen and oxygen atoms in total. The molecule has 0 saturated carbocycles. The molecular formula is C16H18ClN3. The first-order chi connectivity index (χ1) is 9.76. The highest BCUT2D eigenvalue weighted by Gasteiger charge is 2.16. The van der Waals surface area contributed by atoms with Gasteiger partial charge in [0.1, 0.15) is 5.82 Å². The van der Waals surface area contributed by atoms with Gasteiger partial charge in [-0.25, -0.2) is 9.97 Å². The molecule has 0 atom stereocenters. The minimum atomic E-state index is 0.498. The van der Waals surface area contributed by atoms with Gasteiger partial charge in [-0.05, 0) is 48.9 Å². The summed E-state index contributed by atoms with van der Waals surface area (Å²) in [5.74, 6) is 0.869. The lowest BCUT2D eigenvalue weighted by Crippen LogP contribution is -2.16. The SMILES string of the molecule is NCc1nc(Cc2ccc(Cl)cc2)nc2c1CCCC2. The molecule has 0 bridgehead atoms. The quantitative estimate of drug-likeness (QED) is 0.944. The maximum atomic E-state index is 5.91. The average Bonchev–Trinajstić information content (AvgIpc) is 2.49. The number of halogens is 1. The van der Waals surface area contributed by atoms with E-state index in [1.807, 2.05) is 24.3 Å². The van der Waals surface area contributed by atoms with Crippen LogP contribution in [0.3, 0.4) is 0 Å². The fourth-order valence-electron chi connectivity index (χ4n) is 2.76. The molecule has 0 fully saturated rings. The molecule has 1 aliphatic rings. The van der Waals surface area contributed by atoms with Crippen LogP contribution in [0.4, 0.5) is 0 Å². The minimum Gasteiger partial charge on any atom is -0.325 e. The van der Waals surface area contributed by atoms with Gasteiger partial charge in [-0.15, -0.1) is 0 Å². The van der Waals surface area contributed by atoms with Crippen LogP contribution < -0.4 is 5.73 Å². The van der Waals surface area contributed by atoms with Crippen LogP contribution in [-0.4, -0.2) is 9.97 Å². The van der Waals surface area contributed by atoms with Crippen LogP contribution in [0.2, 0.25) is 5.02 Å². The van der Waals surface area contributed by atoms with Gasteiger partial charge in [0.15, 0.2) is 0 Å². The number of aryl methyl sites for hydroxylation is 1. The van der Waals surface area contributed by atoms with Crippen molar-refractivity contribution in [3.8, 4) is 0 Å². The molecule has 104 valence electrons. The van der Waals surface area contributed by atoms with Crippen molar-refractivity contribution in [1.82, 2.24) is 9.97 Å². The van der Waals surface area contributed by atoms with Crippen molar-refractivity contribution >= 4 is 11.6 Å². The van der Waals surface area contributed by atoms with Crippen molar-refractivity contribution in [2.75, 3.05) is 0 Å².